The predicted octanol–water partition coefficient (Wildman–Crippen LogP) is 4.54. The molecule has 29 heavy (non-hydrogen) atoms. The number of hydrogen-bond donors (Lipinski definition) is 0. The van der Waals surface area contributed by atoms with E-state index in [0.29, 0.717) is 42.6 Å². The molecular weight excluding hydrogens is 392 g/mol. The molecule has 2 aromatic rings. The SMILES string of the molecule is CC(C)(C)O[C@@H]1COc2c(Oc3ccc(OCCCS(C)(=O)=O)cc3)cccc21. The molecule has 3 rings (SSSR count). The van der Waals surface area contributed by atoms with Gasteiger partial charge in [-0.15, -0.1) is 0 Å². The number of hydrogen-bond acceptors (Lipinski definition) is 6. The van der Waals surface area contributed by atoms with E-state index in [9.17, 15) is 8.42 Å². The summed E-state index contributed by atoms with van der Waals surface area (Å²) in [6.07, 6.45) is 1.57. The van der Waals surface area contributed by atoms with Crippen LogP contribution >= 0.6 is 0 Å². The van der Waals surface area contributed by atoms with E-state index in [0.717, 1.165) is 5.56 Å². The molecule has 0 unspecified atom stereocenters. The molecule has 0 aromatic heterocycles. The van der Waals surface area contributed by atoms with Crippen molar-refractivity contribution < 1.29 is 27.4 Å². The molecule has 0 aliphatic carbocycles. The normalized spacial score (nSPS) is 16.2. The van der Waals surface area contributed by atoms with Gasteiger partial charge in [0.05, 0.1) is 18.0 Å². The van der Waals surface area contributed by atoms with E-state index in [1.807, 2.05) is 51.1 Å². The summed E-state index contributed by atoms with van der Waals surface area (Å²) < 4.78 is 45.8. The maximum absolute atomic E-state index is 11.1. The van der Waals surface area contributed by atoms with E-state index in [-0.39, 0.29) is 17.5 Å². The van der Waals surface area contributed by atoms with Crippen molar-refractivity contribution in [3.63, 3.8) is 0 Å². The van der Waals surface area contributed by atoms with Gasteiger partial charge in [0.1, 0.15) is 34.0 Å². The Bertz CT molecular complexity index is 929. The smallest absolute Gasteiger partial charge is 0.169 e. The predicted molar refractivity (Wildman–Crippen MR) is 112 cm³/mol. The lowest BCUT2D eigenvalue weighted by Gasteiger charge is -2.24. The first kappa shape index (κ1) is 21.5. The molecule has 0 spiro atoms. The first-order valence-electron chi connectivity index (χ1n) is 9.63. The Labute approximate surface area is 172 Å². The van der Waals surface area contributed by atoms with Gasteiger partial charge in [0.25, 0.3) is 0 Å². The van der Waals surface area contributed by atoms with Crippen LogP contribution in [0.4, 0.5) is 0 Å². The van der Waals surface area contributed by atoms with Crippen molar-refractivity contribution in [2.45, 2.75) is 38.9 Å². The van der Waals surface area contributed by atoms with Gasteiger partial charge in [-0.25, -0.2) is 8.42 Å². The summed E-state index contributed by atoms with van der Waals surface area (Å²) in [5, 5.41) is 0. The third kappa shape index (κ3) is 6.37. The lowest BCUT2D eigenvalue weighted by Crippen LogP contribution is -2.23. The van der Waals surface area contributed by atoms with E-state index >= 15 is 0 Å². The van der Waals surface area contributed by atoms with Crippen molar-refractivity contribution in [1.82, 2.24) is 0 Å². The summed E-state index contributed by atoms with van der Waals surface area (Å²) >= 11 is 0. The van der Waals surface area contributed by atoms with Crippen LogP contribution < -0.4 is 14.2 Å². The summed E-state index contributed by atoms with van der Waals surface area (Å²) in [7, 11) is -2.96. The van der Waals surface area contributed by atoms with Crippen molar-refractivity contribution in [2.24, 2.45) is 0 Å². The number of para-hydroxylation sites is 1. The van der Waals surface area contributed by atoms with Gasteiger partial charge in [-0.2, -0.15) is 0 Å². The number of sulfone groups is 1. The van der Waals surface area contributed by atoms with Gasteiger partial charge in [0.2, 0.25) is 0 Å². The van der Waals surface area contributed by atoms with E-state index in [2.05, 4.69) is 0 Å². The Kier molecular flexibility index (Phi) is 6.39. The summed E-state index contributed by atoms with van der Waals surface area (Å²) in [5.41, 5.74) is 0.729. The Hall–Kier alpha value is -2.25. The fourth-order valence-electron chi connectivity index (χ4n) is 3.04. The van der Waals surface area contributed by atoms with E-state index in [4.69, 9.17) is 18.9 Å². The Morgan fingerprint density at radius 1 is 1.07 bits per heavy atom. The molecule has 0 saturated carbocycles. The number of rotatable bonds is 8. The van der Waals surface area contributed by atoms with Crippen molar-refractivity contribution in [1.29, 1.82) is 0 Å². The summed E-state index contributed by atoms with van der Waals surface area (Å²) in [5.74, 6) is 2.80. The van der Waals surface area contributed by atoms with Crippen LogP contribution in [0, 0.1) is 0 Å². The fraction of sp³-hybridized carbons (Fsp3) is 0.455. The van der Waals surface area contributed by atoms with Gasteiger partial charge in [0, 0.05) is 11.8 Å². The highest BCUT2D eigenvalue weighted by Crippen LogP contribution is 2.44. The lowest BCUT2D eigenvalue weighted by atomic mass is 10.1. The van der Waals surface area contributed by atoms with Crippen LogP contribution in [0.3, 0.4) is 0 Å². The van der Waals surface area contributed by atoms with Crippen LogP contribution in [0.1, 0.15) is 38.9 Å². The molecular formula is C22H28O6S. The monoisotopic (exact) mass is 420 g/mol. The van der Waals surface area contributed by atoms with Crippen LogP contribution in [0.15, 0.2) is 42.5 Å². The van der Waals surface area contributed by atoms with Crippen LogP contribution in [-0.4, -0.2) is 39.2 Å². The van der Waals surface area contributed by atoms with Crippen LogP contribution in [0.25, 0.3) is 0 Å². The Balaban J connectivity index is 1.61. The lowest BCUT2D eigenvalue weighted by molar-refractivity contribution is -0.0672. The molecule has 6 nitrogen and oxygen atoms in total. The zero-order chi connectivity index (χ0) is 21.1. The molecule has 0 fully saturated rings. The third-order valence-electron chi connectivity index (χ3n) is 4.21. The highest BCUT2D eigenvalue weighted by atomic mass is 32.2. The quantitative estimate of drug-likeness (QED) is 0.584. The van der Waals surface area contributed by atoms with Crippen molar-refractivity contribution >= 4 is 9.84 Å². The number of fused-ring (bicyclic) bond motifs is 1. The largest absolute Gasteiger partial charge is 0.494 e. The maximum Gasteiger partial charge on any atom is 0.169 e. The first-order chi connectivity index (χ1) is 13.6. The molecule has 0 amide bonds. The van der Waals surface area contributed by atoms with Gasteiger partial charge in [-0.05, 0) is 57.5 Å². The van der Waals surface area contributed by atoms with E-state index in [1.165, 1.54) is 6.26 Å². The molecule has 0 bridgehead atoms. The summed E-state index contributed by atoms with van der Waals surface area (Å²) in [6, 6.07) is 13.0. The number of ether oxygens (including phenoxy) is 4. The minimum absolute atomic E-state index is 0.115. The average molecular weight is 421 g/mol. The van der Waals surface area contributed by atoms with Crippen LogP contribution in [0.2, 0.25) is 0 Å². The average Bonchev–Trinajstić information content (AvgIpc) is 3.02. The topological polar surface area (TPSA) is 71.1 Å². The van der Waals surface area contributed by atoms with Gasteiger partial charge < -0.3 is 18.9 Å². The summed E-state index contributed by atoms with van der Waals surface area (Å²) in [4.78, 5) is 0. The van der Waals surface area contributed by atoms with E-state index < -0.39 is 9.84 Å². The standard InChI is InChI=1S/C22H28O6S/c1-22(2,3)28-20-15-26-21-18(20)7-5-8-19(21)27-17-11-9-16(10-12-17)25-13-6-14-29(4,23)24/h5,7-12,20H,6,13-15H2,1-4H3/t20-/m1/s1. The molecule has 0 saturated heterocycles. The number of benzene rings is 2. The van der Waals surface area contributed by atoms with Crippen molar-refractivity contribution in [3.05, 3.63) is 48.0 Å². The zero-order valence-corrected chi connectivity index (χ0v) is 18.1. The van der Waals surface area contributed by atoms with Crippen molar-refractivity contribution in [2.75, 3.05) is 25.2 Å². The Morgan fingerprint density at radius 2 is 1.76 bits per heavy atom. The fourth-order valence-corrected chi connectivity index (χ4v) is 3.68. The third-order valence-corrected chi connectivity index (χ3v) is 5.24. The second kappa shape index (κ2) is 8.63. The second-order valence-corrected chi connectivity index (χ2v) is 10.4. The van der Waals surface area contributed by atoms with Gasteiger partial charge in [0.15, 0.2) is 11.5 Å². The Morgan fingerprint density at radius 3 is 2.41 bits per heavy atom. The van der Waals surface area contributed by atoms with Crippen molar-refractivity contribution in [3.8, 4) is 23.0 Å². The second-order valence-electron chi connectivity index (χ2n) is 8.11. The van der Waals surface area contributed by atoms with Crippen LogP contribution in [0.5, 0.6) is 23.0 Å². The molecule has 1 aliphatic heterocycles. The highest BCUT2D eigenvalue weighted by molar-refractivity contribution is 7.90. The molecule has 1 aliphatic rings. The highest BCUT2D eigenvalue weighted by Gasteiger charge is 2.31. The minimum atomic E-state index is -2.96. The minimum Gasteiger partial charge on any atom is -0.494 e. The molecule has 0 radical (unpaired) electrons. The molecule has 2 aromatic carbocycles. The first-order valence-corrected chi connectivity index (χ1v) is 11.7. The molecule has 158 valence electrons. The van der Waals surface area contributed by atoms with Gasteiger partial charge in [-0.3, -0.25) is 0 Å². The summed E-state index contributed by atoms with van der Waals surface area (Å²) in [6.45, 7) is 6.89. The van der Waals surface area contributed by atoms with E-state index in [1.54, 1.807) is 12.1 Å². The molecule has 1 heterocycles. The maximum atomic E-state index is 11.1. The molecule has 1 atom stereocenters. The zero-order valence-electron chi connectivity index (χ0n) is 17.3. The van der Waals surface area contributed by atoms with Gasteiger partial charge >= 0.3 is 0 Å². The van der Waals surface area contributed by atoms with Gasteiger partial charge in [-0.1, -0.05) is 12.1 Å². The van der Waals surface area contributed by atoms with Crippen LogP contribution in [-0.2, 0) is 14.6 Å². The molecule has 0 N–H and O–H groups in total. The molecule has 7 heteroatoms.